The molecule has 2 fully saturated rings. The van der Waals surface area contributed by atoms with Crippen LogP contribution in [0.2, 0.25) is 0 Å². The highest BCUT2D eigenvalue weighted by Gasteiger charge is 2.52. The lowest BCUT2D eigenvalue weighted by molar-refractivity contribution is -0.120. The topological polar surface area (TPSA) is 49.4 Å². The standard InChI is InChI=1S/C20H20N2O2S/c23-18(14-3-4-14)22-10-7-13-5-6-15(12-16(13)22)21-19(24)20(8-9-20)17-2-1-11-25-17/h1-2,5-6,11-12,14H,3-4,7-10H2,(H,21,24). The molecule has 2 aromatic rings. The number of benzene rings is 1. The number of carbonyl (C=O) groups excluding carboxylic acids is 2. The summed E-state index contributed by atoms with van der Waals surface area (Å²) in [7, 11) is 0. The summed E-state index contributed by atoms with van der Waals surface area (Å²) in [5.41, 5.74) is 2.64. The zero-order valence-corrected chi connectivity index (χ0v) is 14.8. The van der Waals surface area contributed by atoms with Gasteiger partial charge in [0.05, 0.1) is 5.41 Å². The molecule has 128 valence electrons. The van der Waals surface area contributed by atoms with Gasteiger partial charge in [-0.2, -0.15) is 0 Å². The predicted octanol–water partition coefficient (Wildman–Crippen LogP) is 3.72. The molecule has 5 heteroatoms. The first-order valence-electron chi connectivity index (χ1n) is 8.97. The highest BCUT2D eigenvalue weighted by Crippen LogP contribution is 2.50. The van der Waals surface area contributed by atoms with Crippen LogP contribution in [-0.4, -0.2) is 18.4 Å². The second-order valence-corrected chi connectivity index (χ2v) is 8.32. The molecule has 0 atom stereocenters. The normalized spacial score (nSPS) is 20.2. The minimum Gasteiger partial charge on any atom is -0.325 e. The van der Waals surface area contributed by atoms with Crippen molar-refractivity contribution >= 4 is 34.5 Å². The molecule has 4 nitrogen and oxygen atoms in total. The molecule has 1 N–H and O–H groups in total. The van der Waals surface area contributed by atoms with Gasteiger partial charge < -0.3 is 10.2 Å². The van der Waals surface area contributed by atoms with Crippen LogP contribution in [0.15, 0.2) is 35.7 Å². The first-order valence-corrected chi connectivity index (χ1v) is 9.85. The van der Waals surface area contributed by atoms with Crippen molar-refractivity contribution in [3.8, 4) is 0 Å². The Hall–Kier alpha value is -2.14. The number of thiophene rings is 1. The van der Waals surface area contributed by atoms with Crippen LogP contribution in [0.1, 0.15) is 36.1 Å². The molecule has 2 saturated carbocycles. The Morgan fingerprint density at radius 1 is 1.20 bits per heavy atom. The van der Waals surface area contributed by atoms with Gasteiger partial charge in [0.25, 0.3) is 0 Å². The number of hydrogen-bond acceptors (Lipinski definition) is 3. The molecule has 0 bridgehead atoms. The molecule has 0 unspecified atom stereocenters. The largest absolute Gasteiger partial charge is 0.325 e. The van der Waals surface area contributed by atoms with Gasteiger partial charge in [-0.05, 0) is 61.2 Å². The Balaban J connectivity index is 1.38. The molecule has 1 aliphatic heterocycles. The molecule has 2 heterocycles. The highest BCUT2D eigenvalue weighted by molar-refractivity contribution is 7.10. The van der Waals surface area contributed by atoms with E-state index >= 15 is 0 Å². The lowest BCUT2D eigenvalue weighted by Gasteiger charge is -2.19. The van der Waals surface area contributed by atoms with Gasteiger partial charge in [-0.25, -0.2) is 0 Å². The van der Waals surface area contributed by atoms with E-state index in [1.807, 2.05) is 28.5 Å². The van der Waals surface area contributed by atoms with Crippen molar-refractivity contribution in [1.82, 2.24) is 0 Å². The number of anilines is 2. The van der Waals surface area contributed by atoms with Crippen LogP contribution < -0.4 is 10.2 Å². The van der Waals surface area contributed by atoms with Gasteiger partial charge in [-0.15, -0.1) is 11.3 Å². The van der Waals surface area contributed by atoms with E-state index in [-0.39, 0.29) is 23.1 Å². The van der Waals surface area contributed by atoms with E-state index in [9.17, 15) is 9.59 Å². The lowest BCUT2D eigenvalue weighted by atomic mass is 10.0. The van der Waals surface area contributed by atoms with Crippen molar-refractivity contribution in [3.63, 3.8) is 0 Å². The fourth-order valence-electron chi connectivity index (χ4n) is 3.75. The first-order chi connectivity index (χ1) is 12.2. The summed E-state index contributed by atoms with van der Waals surface area (Å²) >= 11 is 1.65. The van der Waals surface area contributed by atoms with Gasteiger partial charge >= 0.3 is 0 Å². The zero-order chi connectivity index (χ0) is 17.0. The fourth-order valence-corrected chi connectivity index (χ4v) is 4.73. The van der Waals surface area contributed by atoms with Gasteiger partial charge in [0.15, 0.2) is 0 Å². The van der Waals surface area contributed by atoms with E-state index in [0.717, 1.165) is 54.9 Å². The molecule has 0 radical (unpaired) electrons. The molecule has 5 rings (SSSR count). The van der Waals surface area contributed by atoms with Crippen LogP contribution in [0, 0.1) is 5.92 Å². The minimum absolute atomic E-state index is 0.0768. The van der Waals surface area contributed by atoms with Gasteiger partial charge in [0.1, 0.15) is 0 Å². The predicted molar refractivity (Wildman–Crippen MR) is 99.1 cm³/mol. The number of rotatable bonds is 4. The average Bonchev–Trinajstić information content (AvgIpc) is 3.53. The number of nitrogens with zero attached hydrogens (tertiary/aromatic N) is 1. The summed E-state index contributed by atoms with van der Waals surface area (Å²) in [6.07, 6.45) is 4.77. The number of carbonyl (C=O) groups is 2. The Morgan fingerprint density at radius 2 is 2.04 bits per heavy atom. The molecule has 25 heavy (non-hydrogen) atoms. The maximum absolute atomic E-state index is 12.8. The van der Waals surface area contributed by atoms with Crippen LogP contribution in [0.25, 0.3) is 0 Å². The third-order valence-corrected chi connectivity index (χ3v) is 6.68. The van der Waals surface area contributed by atoms with Crippen molar-refractivity contribution < 1.29 is 9.59 Å². The third-order valence-electron chi connectivity index (χ3n) is 5.61. The van der Waals surface area contributed by atoms with Gasteiger partial charge in [0, 0.05) is 28.7 Å². The second kappa shape index (κ2) is 5.43. The molecule has 1 aromatic heterocycles. The molecule has 2 aliphatic carbocycles. The Bertz CT molecular complexity index is 851. The lowest BCUT2D eigenvalue weighted by Crippen LogP contribution is -2.30. The summed E-state index contributed by atoms with van der Waals surface area (Å²) in [5.74, 6) is 0.546. The van der Waals surface area contributed by atoms with Crippen LogP contribution in [-0.2, 0) is 21.4 Å². The Kier molecular flexibility index (Phi) is 3.29. The third kappa shape index (κ3) is 2.49. The first kappa shape index (κ1) is 15.1. The maximum atomic E-state index is 12.8. The van der Waals surface area contributed by atoms with Crippen molar-refractivity contribution in [2.75, 3.05) is 16.8 Å². The quantitative estimate of drug-likeness (QED) is 0.912. The van der Waals surface area contributed by atoms with Gasteiger partial charge in [-0.3, -0.25) is 9.59 Å². The average molecular weight is 352 g/mol. The van der Waals surface area contributed by atoms with E-state index in [1.165, 1.54) is 5.56 Å². The van der Waals surface area contributed by atoms with Crippen molar-refractivity contribution in [3.05, 3.63) is 46.2 Å². The summed E-state index contributed by atoms with van der Waals surface area (Å²) in [5, 5.41) is 5.12. The SMILES string of the molecule is O=C(C1CC1)N1CCc2ccc(NC(=O)C3(c4cccs4)CC3)cc21. The molecular formula is C20H20N2O2S. The number of hydrogen-bond donors (Lipinski definition) is 1. The van der Waals surface area contributed by atoms with Crippen molar-refractivity contribution in [2.45, 2.75) is 37.5 Å². The van der Waals surface area contributed by atoms with Crippen LogP contribution in [0.4, 0.5) is 11.4 Å². The fraction of sp³-hybridized carbons (Fsp3) is 0.400. The second-order valence-electron chi connectivity index (χ2n) is 7.37. The van der Waals surface area contributed by atoms with Crippen molar-refractivity contribution in [2.24, 2.45) is 5.92 Å². The van der Waals surface area contributed by atoms with Crippen LogP contribution in [0.3, 0.4) is 0 Å². The van der Waals surface area contributed by atoms with Crippen LogP contribution >= 0.6 is 11.3 Å². The molecule has 0 saturated heterocycles. The van der Waals surface area contributed by atoms with E-state index in [1.54, 1.807) is 11.3 Å². The summed E-state index contributed by atoms with van der Waals surface area (Å²) < 4.78 is 0. The monoisotopic (exact) mass is 352 g/mol. The molecule has 2 amide bonds. The summed E-state index contributed by atoms with van der Waals surface area (Å²) in [6.45, 7) is 0.765. The Morgan fingerprint density at radius 3 is 2.72 bits per heavy atom. The zero-order valence-electron chi connectivity index (χ0n) is 14.0. The highest BCUT2D eigenvalue weighted by atomic mass is 32.1. The number of fused-ring (bicyclic) bond motifs is 1. The van der Waals surface area contributed by atoms with E-state index in [0.29, 0.717) is 0 Å². The van der Waals surface area contributed by atoms with E-state index in [4.69, 9.17) is 0 Å². The number of amides is 2. The molecular weight excluding hydrogens is 332 g/mol. The van der Waals surface area contributed by atoms with Crippen molar-refractivity contribution in [1.29, 1.82) is 0 Å². The van der Waals surface area contributed by atoms with Gasteiger partial charge in [0.2, 0.25) is 11.8 Å². The summed E-state index contributed by atoms with van der Waals surface area (Å²) in [4.78, 5) is 28.4. The smallest absolute Gasteiger partial charge is 0.235 e. The Labute approximate surface area is 150 Å². The number of nitrogens with one attached hydrogen (secondary N) is 1. The van der Waals surface area contributed by atoms with E-state index in [2.05, 4.69) is 17.4 Å². The van der Waals surface area contributed by atoms with Crippen LogP contribution in [0.5, 0.6) is 0 Å². The van der Waals surface area contributed by atoms with Gasteiger partial charge in [-0.1, -0.05) is 12.1 Å². The molecule has 3 aliphatic rings. The minimum atomic E-state index is -0.337. The maximum Gasteiger partial charge on any atom is 0.235 e. The molecule has 1 aromatic carbocycles. The van der Waals surface area contributed by atoms with E-state index < -0.39 is 0 Å². The summed E-state index contributed by atoms with van der Waals surface area (Å²) in [6, 6.07) is 10.0. The molecule has 0 spiro atoms.